The molecule has 1 unspecified atom stereocenters. The van der Waals surface area contributed by atoms with Crippen LogP contribution in [0.2, 0.25) is 0 Å². The molecule has 4 heteroatoms. The van der Waals surface area contributed by atoms with Crippen molar-refractivity contribution in [3.8, 4) is 0 Å². The van der Waals surface area contributed by atoms with Crippen LogP contribution in [0.25, 0.3) is 0 Å². The molecule has 4 nitrogen and oxygen atoms in total. The van der Waals surface area contributed by atoms with Gasteiger partial charge < -0.3 is 4.90 Å². The molecule has 0 fully saturated rings. The second kappa shape index (κ2) is 7.32. The second-order valence-electron chi connectivity index (χ2n) is 7.55. The minimum absolute atomic E-state index is 0.167. The third-order valence-corrected chi connectivity index (χ3v) is 5.14. The fourth-order valence-corrected chi connectivity index (χ4v) is 4.01. The van der Waals surface area contributed by atoms with E-state index in [1.807, 2.05) is 18.2 Å². The molecule has 0 saturated heterocycles. The summed E-state index contributed by atoms with van der Waals surface area (Å²) in [6.45, 7) is 10.1. The molecule has 136 valence electrons. The number of nitrogens with zero attached hydrogens (tertiary/aromatic N) is 2. The number of carbonyl (C=O) groups excluding carboxylic acids is 1. The lowest BCUT2D eigenvalue weighted by Gasteiger charge is -2.47. The van der Waals surface area contributed by atoms with E-state index in [4.69, 9.17) is 0 Å². The third kappa shape index (κ3) is 3.64. The maximum Gasteiger partial charge on any atom is 0.271 e. The van der Waals surface area contributed by atoms with Gasteiger partial charge in [-0.1, -0.05) is 31.2 Å². The zero-order chi connectivity index (χ0) is 18.7. The summed E-state index contributed by atoms with van der Waals surface area (Å²) >= 11 is 0. The Balaban J connectivity index is 1.77. The van der Waals surface area contributed by atoms with Crippen LogP contribution in [0.3, 0.4) is 0 Å². The summed E-state index contributed by atoms with van der Waals surface area (Å²) < 4.78 is 0. The van der Waals surface area contributed by atoms with Crippen molar-refractivity contribution in [2.24, 2.45) is 5.10 Å². The molecule has 0 aliphatic carbocycles. The van der Waals surface area contributed by atoms with Gasteiger partial charge in [-0.25, -0.2) is 5.43 Å². The summed E-state index contributed by atoms with van der Waals surface area (Å²) in [5.74, 6) is 0.294. The molecule has 0 saturated carbocycles. The Hall–Kier alpha value is -2.62. The predicted molar refractivity (Wildman–Crippen MR) is 108 cm³/mol. The van der Waals surface area contributed by atoms with Crippen LogP contribution in [0.15, 0.2) is 53.6 Å². The zero-order valence-electron chi connectivity index (χ0n) is 16.0. The van der Waals surface area contributed by atoms with Crippen LogP contribution in [-0.4, -0.2) is 24.2 Å². The Kier molecular flexibility index (Phi) is 5.12. The van der Waals surface area contributed by atoms with Crippen molar-refractivity contribution in [3.63, 3.8) is 0 Å². The number of hydrogen-bond acceptors (Lipinski definition) is 3. The van der Waals surface area contributed by atoms with E-state index < -0.39 is 0 Å². The normalized spacial score (nSPS) is 18.6. The highest BCUT2D eigenvalue weighted by Crippen LogP contribution is 2.43. The Morgan fingerprint density at radius 2 is 2.00 bits per heavy atom. The second-order valence-corrected chi connectivity index (χ2v) is 7.55. The van der Waals surface area contributed by atoms with Crippen LogP contribution in [0, 0.1) is 0 Å². The van der Waals surface area contributed by atoms with Crippen LogP contribution in [0.1, 0.15) is 61.5 Å². The minimum Gasteiger partial charge on any atom is -0.366 e. The van der Waals surface area contributed by atoms with Gasteiger partial charge in [0.05, 0.1) is 6.21 Å². The number of hydrazone groups is 1. The molecule has 1 aliphatic heterocycles. The predicted octanol–water partition coefficient (Wildman–Crippen LogP) is 4.56. The van der Waals surface area contributed by atoms with E-state index in [1.165, 1.54) is 11.3 Å². The summed E-state index contributed by atoms with van der Waals surface area (Å²) in [4.78, 5) is 14.5. The molecule has 0 aromatic heterocycles. The maximum atomic E-state index is 12.0. The summed E-state index contributed by atoms with van der Waals surface area (Å²) in [7, 11) is 0. The van der Waals surface area contributed by atoms with E-state index >= 15 is 0 Å². The molecule has 1 aliphatic rings. The number of fused-ring (bicyclic) bond motifs is 1. The first-order valence-electron chi connectivity index (χ1n) is 9.22. The molecule has 1 atom stereocenters. The Morgan fingerprint density at radius 1 is 1.27 bits per heavy atom. The van der Waals surface area contributed by atoms with E-state index in [9.17, 15) is 4.79 Å². The number of nitrogens with one attached hydrogen (secondary N) is 1. The van der Waals surface area contributed by atoms with Gasteiger partial charge in [0.25, 0.3) is 5.91 Å². The molecule has 2 aromatic carbocycles. The van der Waals surface area contributed by atoms with Crippen molar-refractivity contribution in [2.45, 2.75) is 45.6 Å². The molecule has 0 bridgehead atoms. The summed E-state index contributed by atoms with van der Waals surface area (Å²) in [6.07, 6.45) is 2.84. The molecule has 0 radical (unpaired) electrons. The minimum atomic E-state index is -0.202. The smallest absolute Gasteiger partial charge is 0.271 e. The van der Waals surface area contributed by atoms with Gasteiger partial charge in [-0.05, 0) is 68.5 Å². The third-order valence-electron chi connectivity index (χ3n) is 5.14. The van der Waals surface area contributed by atoms with Crippen LogP contribution in [-0.2, 0) is 0 Å². The van der Waals surface area contributed by atoms with Gasteiger partial charge >= 0.3 is 0 Å². The monoisotopic (exact) mass is 349 g/mol. The van der Waals surface area contributed by atoms with Gasteiger partial charge in [0.1, 0.15) is 0 Å². The van der Waals surface area contributed by atoms with Crippen molar-refractivity contribution in [1.29, 1.82) is 0 Å². The van der Waals surface area contributed by atoms with Crippen molar-refractivity contribution in [3.05, 3.63) is 65.2 Å². The first kappa shape index (κ1) is 18.2. The molecule has 1 N–H and O–H groups in total. The van der Waals surface area contributed by atoms with Gasteiger partial charge in [0, 0.05) is 23.3 Å². The van der Waals surface area contributed by atoms with Crippen LogP contribution < -0.4 is 10.3 Å². The average molecular weight is 349 g/mol. The van der Waals surface area contributed by atoms with E-state index in [0.29, 0.717) is 11.5 Å². The molecule has 2 aromatic rings. The van der Waals surface area contributed by atoms with Crippen LogP contribution in [0.5, 0.6) is 0 Å². The first-order valence-corrected chi connectivity index (χ1v) is 9.22. The van der Waals surface area contributed by atoms with Crippen LogP contribution in [0.4, 0.5) is 5.69 Å². The zero-order valence-corrected chi connectivity index (χ0v) is 16.0. The van der Waals surface area contributed by atoms with E-state index in [2.05, 4.69) is 61.3 Å². The van der Waals surface area contributed by atoms with Crippen LogP contribution >= 0.6 is 0 Å². The lowest BCUT2D eigenvalue weighted by molar-refractivity contribution is 0.0955. The van der Waals surface area contributed by atoms with Crippen molar-refractivity contribution < 1.29 is 4.79 Å². The van der Waals surface area contributed by atoms with Crippen molar-refractivity contribution >= 4 is 17.8 Å². The molecule has 3 rings (SSSR count). The first-order chi connectivity index (χ1) is 12.4. The average Bonchev–Trinajstić information content (AvgIpc) is 2.62. The highest BCUT2D eigenvalue weighted by Gasteiger charge is 2.35. The van der Waals surface area contributed by atoms with Gasteiger partial charge in [-0.15, -0.1) is 0 Å². The van der Waals surface area contributed by atoms with E-state index in [-0.39, 0.29) is 11.4 Å². The lowest BCUT2D eigenvalue weighted by Crippen LogP contribution is -2.48. The fraction of sp³-hybridized carbons (Fsp3) is 0.364. The largest absolute Gasteiger partial charge is 0.366 e. The van der Waals surface area contributed by atoms with Crippen molar-refractivity contribution in [1.82, 2.24) is 5.43 Å². The number of rotatable bonds is 4. The number of carbonyl (C=O) groups is 1. The Labute approximate surface area is 155 Å². The lowest BCUT2D eigenvalue weighted by atomic mass is 9.79. The summed E-state index contributed by atoms with van der Waals surface area (Å²) in [5.41, 5.74) is 7.02. The summed E-state index contributed by atoms with van der Waals surface area (Å²) in [5, 5.41) is 4.12. The van der Waals surface area contributed by atoms with E-state index in [1.54, 1.807) is 18.3 Å². The maximum absolute atomic E-state index is 12.0. The van der Waals surface area contributed by atoms with Gasteiger partial charge in [0.2, 0.25) is 0 Å². The number of benzene rings is 2. The molecule has 1 amide bonds. The number of hydrogen-bond donors (Lipinski definition) is 1. The number of amides is 1. The highest BCUT2D eigenvalue weighted by atomic mass is 16.2. The van der Waals surface area contributed by atoms with Gasteiger partial charge in [0.15, 0.2) is 0 Å². The highest BCUT2D eigenvalue weighted by molar-refractivity contribution is 5.94. The standard InChI is InChI=1S/C22H27N3O/c1-5-25-20-12-11-17(13-19(20)16(2)14-22(25,3)4)15-23-24-21(26)18-9-7-6-8-10-18/h6-13,15-16H,5,14H2,1-4H3,(H,24,26)/b23-15-. The molecular weight excluding hydrogens is 322 g/mol. The molecular formula is C22H27N3O. The summed E-state index contributed by atoms with van der Waals surface area (Å²) in [6, 6.07) is 15.5. The SMILES string of the molecule is CCN1c2ccc(/C=N\NC(=O)c3ccccc3)cc2C(C)CC1(C)C. The van der Waals surface area contributed by atoms with Crippen molar-refractivity contribution in [2.75, 3.05) is 11.4 Å². The van der Waals surface area contributed by atoms with Gasteiger partial charge in [-0.3, -0.25) is 4.79 Å². The topological polar surface area (TPSA) is 44.7 Å². The van der Waals surface area contributed by atoms with E-state index in [0.717, 1.165) is 18.5 Å². The Morgan fingerprint density at radius 3 is 2.69 bits per heavy atom. The van der Waals surface area contributed by atoms with Gasteiger partial charge in [-0.2, -0.15) is 5.10 Å². The molecule has 26 heavy (non-hydrogen) atoms. The fourth-order valence-electron chi connectivity index (χ4n) is 4.01. The molecule has 0 spiro atoms. The number of anilines is 1. The molecule has 1 heterocycles. The Bertz CT molecular complexity index is 811. The quantitative estimate of drug-likeness (QED) is 0.649.